The second-order valence-electron chi connectivity index (χ2n) is 7.08. The molecule has 4 heterocycles. The molecule has 3 aromatic heterocycles. The summed E-state index contributed by atoms with van der Waals surface area (Å²) in [6, 6.07) is 8.06. The van der Waals surface area contributed by atoms with Crippen molar-refractivity contribution in [1.29, 1.82) is 0 Å². The molecule has 4 rings (SSSR count). The zero-order valence-corrected chi connectivity index (χ0v) is 15.9. The third-order valence-corrected chi connectivity index (χ3v) is 5.21. The van der Waals surface area contributed by atoms with Gasteiger partial charge >= 0.3 is 0 Å². The molecule has 1 saturated heterocycles. The number of ether oxygens (including phenoxy) is 1. The van der Waals surface area contributed by atoms with Crippen LogP contribution in [0.3, 0.4) is 0 Å². The molecule has 0 atom stereocenters. The highest BCUT2D eigenvalue weighted by atomic mass is 16.5. The third-order valence-electron chi connectivity index (χ3n) is 5.21. The monoisotopic (exact) mass is 365 g/mol. The Kier molecular flexibility index (Phi) is 5.53. The fourth-order valence-corrected chi connectivity index (χ4v) is 3.75. The maximum absolute atomic E-state index is 5.52. The van der Waals surface area contributed by atoms with Gasteiger partial charge in [-0.3, -0.25) is 4.40 Å². The summed E-state index contributed by atoms with van der Waals surface area (Å²) in [5, 5.41) is 3.38. The Morgan fingerprint density at radius 2 is 2.00 bits per heavy atom. The first-order valence-electron chi connectivity index (χ1n) is 9.78. The lowest BCUT2D eigenvalue weighted by Gasteiger charge is -2.15. The van der Waals surface area contributed by atoms with E-state index in [-0.39, 0.29) is 0 Å². The van der Waals surface area contributed by atoms with E-state index in [0.717, 1.165) is 35.9 Å². The maximum Gasteiger partial charge on any atom is 0.140 e. The lowest BCUT2D eigenvalue weighted by molar-refractivity contribution is 0.329. The van der Waals surface area contributed by atoms with Crippen molar-refractivity contribution in [2.45, 2.75) is 32.1 Å². The number of hydrogen-bond acceptors (Lipinski definition) is 5. The quantitative estimate of drug-likeness (QED) is 0.614. The lowest BCUT2D eigenvalue weighted by Crippen LogP contribution is -2.20. The van der Waals surface area contributed by atoms with Gasteiger partial charge in [-0.1, -0.05) is 6.07 Å². The normalized spacial score (nSPS) is 14.7. The van der Waals surface area contributed by atoms with Gasteiger partial charge in [-0.25, -0.2) is 9.97 Å². The summed E-state index contributed by atoms with van der Waals surface area (Å²) in [7, 11) is 1.71. The van der Waals surface area contributed by atoms with Crippen LogP contribution < -0.4 is 10.1 Å². The van der Waals surface area contributed by atoms with Crippen molar-refractivity contribution in [2.75, 3.05) is 32.1 Å². The van der Waals surface area contributed by atoms with E-state index in [1.807, 2.05) is 35.0 Å². The molecule has 0 saturated carbocycles. The number of aryl methyl sites for hydroxylation is 1. The van der Waals surface area contributed by atoms with E-state index in [1.54, 1.807) is 13.3 Å². The molecule has 0 aliphatic carbocycles. The summed E-state index contributed by atoms with van der Waals surface area (Å²) in [6.07, 6.45) is 11.7. The molecule has 0 unspecified atom stereocenters. The van der Waals surface area contributed by atoms with Gasteiger partial charge in [-0.15, -0.1) is 0 Å². The number of rotatable bonds is 8. The van der Waals surface area contributed by atoms with Crippen molar-refractivity contribution in [3.63, 3.8) is 0 Å². The van der Waals surface area contributed by atoms with Crippen LogP contribution in [0.4, 0.5) is 11.6 Å². The molecule has 1 aliphatic rings. The van der Waals surface area contributed by atoms with Crippen LogP contribution in [0.1, 0.15) is 31.2 Å². The molecule has 0 spiro atoms. The first-order valence-corrected chi connectivity index (χ1v) is 9.78. The number of nitrogens with zero attached hydrogens (tertiary/aromatic N) is 4. The third kappa shape index (κ3) is 4.22. The number of pyridine rings is 2. The van der Waals surface area contributed by atoms with Crippen LogP contribution in [0, 0.1) is 0 Å². The summed E-state index contributed by atoms with van der Waals surface area (Å²) < 4.78 is 7.53. The minimum atomic E-state index is 0.816. The summed E-state index contributed by atoms with van der Waals surface area (Å²) in [4.78, 5) is 11.5. The summed E-state index contributed by atoms with van der Waals surface area (Å²) in [5.41, 5.74) is 2.11. The predicted molar refractivity (Wildman–Crippen MR) is 108 cm³/mol. The SMILES string of the molecule is COc1cnc(Nc2cnc3ccccn23)cc1CCCCN1CCCC1. The van der Waals surface area contributed by atoms with Gasteiger partial charge in [0.25, 0.3) is 0 Å². The molecule has 3 aromatic rings. The molecule has 0 radical (unpaired) electrons. The van der Waals surface area contributed by atoms with Crippen molar-refractivity contribution in [1.82, 2.24) is 19.3 Å². The van der Waals surface area contributed by atoms with Crippen LogP contribution in [0.15, 0.2) is 42.9 Å². The zero-order chi connectivity index (χ0) is 18.5. The number of methoxy groups -OCH3 is 1. The molecule has 0 aromatic carbocycles. The molecule has 142 valence electrons. The smallest absolute Gasteiger partial charge is 0.140 e. The average Bonchev–Trinajstić information content (AvgIpc) is 3.36. The van der Waals surface area contributed by atoms with E-state index in [2.05, 4.69) is 26.3 Å². The fraction of sp³-hybridized carbons (Fsp3) is 0.429. The van der Waals surface area contributed by atoms with Gasteiger partial charge in [0.1, 0.15) is 23.0 Å². The van der Waals surface area contributed by atoms with Crippen molar-refractivity contribution in [3.8, 4) is 5.75 Å². The van der Waals surface area contributed by atoms with E-state index in [4.69, 9.17) is 4.74 Å². The molecule has 6 nitrogen and oxygen atoms in total. The van der Waals surface area contributed by atoms with Crippen LogP contribution in [-0.2, 0) is 6.42 Å². The van der Waals surface area contributed by atoms with Crippen LogP contribution in [-0.4, -0.2) is 46.0 Å². The zero-order valence-electron chi connectivity index (χ0n) is 15.9. The summed E-state index contributed by atoms with van der Waals surface area (Å²) >= 11 is 0. The molecule has 27 heavy (non-hydrogen) atoms. The first kappa shape index (κ1) is 17.8. The van der Waals surface area contributed by atoms with Gasteiger partial charge < -0.3 is 15.0 Å². The molecule has 6 heteroatoms. The Bertz CT molecular complexity index is 885. The Morgan fingerprint density at radius 1 is 1.11 bits per heavy atom. The van der Waals surface area contributed by atoms with E-state index < -0.39 is 0 Å². The second kappa shape index (κ2) is 8.39. The number of nitrogens with one attached hydrogen (secondary N) is 1. The van der Waals surface area contributed by atoms with E-state index in [9.17, 15) is 0 Å². The highest BCUT2D eigenvalue weighted by Gasteiger charge is 2.12. The Hall–Kier alpha value is -2.60. The van der Waals surface area contributed by atoms with Crippen LogP contribution in [0.2, 0.25) is 0 Å². The van der Waals surface area contributed by atoms with E-state index in [1.165, 1.54) is 44.5 Å². The van der Waals surface area contributed by atoms with E-state index >= 15 is 0 Å². The molecule has 1 aliphatic heterocycles. The minimum absolute atomic E-state index is 0.816. The second-order valence-corrected chi connectivity index (χ2v) is 7.08. The lowest BCUT2D eigenvalue weighted by atomic mass is 10.1. The van der Waals surface area contributed by atoms with Gasteiger partial charge in [0.05, 0.1) is 19.5 Å². The number of hydrogen-bond donors (Lipinski definition) is 1. The number of fused-ring (bicyclic) bond motifs is 1. The highest BCUT2D eigenvalue weighted by Crippen LogP contribution is 2.24. The number of anilines is 2. The molecule has 1 fully saturated rings. The molecular weight excluding hydrogens is 338 g/mol. The van der Waals surface area contributed by atoms with Crippen molar-refractivity contribution in [2.24, 2.45) is 0 Å². The van der Waals surface area contributed by atoms with Crippen molar-refractivity contribution >= 4 is 17.3 Å². The summed E-state index contributed by atoms with van der Waals surface area (Å²) in [5.74, 6) is 2.58. The highest BCUT2D eigenvalue weighted by molar-refractivity contribution is 5.58. The topological polar surface area (TPSA) is 54.7 Å². The number of imidazole rings is 1. The number of unbranched alkanes of at least 4 members (excludes halogenated alkanes) is 1. The van der Waals surface area contributed by atoms with E-state index in [0.29, 0.717) is 0 Å². The first-order chi connectivity index (χ1) is 13.3. The molecule has 0 bridgehead atoms. The van der Waals surface area contributed by atoms with Gasteiger partial charge in [0, 0.05) is 6.20 Å². The number of likely N-dealkylation sites (tertiary alicyclic amines) is 1. The molecule has 1 N–H and O–H groups in total. The van der Waals surface area contributed by atoms with Gasteiger partial charge in [0.15, 0.2) is 0 Å². The predicted octanol–water partition coefficient (Wildman–Crippen LogP) is 3.90. The largest absolute Gasteiger partial charge is 0.495 e. The van der Waals surface area contributed by atoms with Gasteiger partial charge in [-0.05, 0) is 75.5 Å². The maximum atomic E-state index is 5.52. The van der Waals surface area contributed by atoms with Crippen LogP contribution >= 0.6 is 0 Å². The Labute approximate surface area is 160 Å². The van der Waals surface area contributed by atoms with Gasteiger partial charge in [-0.2, -0.15) is 0 Å². The fourth-order valence-electron chi connectivity index (χ4n) is 3.75. The summed E-state index contributed by atoms with van der Waals surface area (Å²) in [6.45, 7) is 3.75. The van der Waals surface area contributed by atoms with Crippen molar-refractivity contribution in [3.05, 3.63) is 48.4 Å². The van der Waals surface area contributed by atoms with Crippen LogP contribution in [0.25, 0.3) is 5.65 Å². The Morgan fingerprint density at radius 3 is 2.85 bits per heavy atom. The minimum Gasteiger partial charge on any atom is -0.495 e. The standard InChI is InChI=1S/C21H27N5O/c1-27-18-15-22-19(24-21-16-23-20-9-3-5-13-26(20)21)14-17(18)8-2-4-10-25-11-6-7-12-25/h3,5,9,13-16H,2,4,6-8,10-12H2,1H3,(H,22,24). The van der Waals surface area contributed by atoms with Gasteiger partial charge in [0.2, 0.25) is 0 Å². The molecule has 0 amide bonds. The molecular formula is C21H27N5O. The van der Waals surface area contributed by atoms with Crippen LogP contribution in [0.5, 0.6) is 5.75 Å². The average molecular weight is 365 g/mol. The van der Waals surface area contributed by atoms with Crippen molar-refractivity contribution < 1.29 is 4.74 Å². The number of aromatic nitrogens is 3. The Balaban J connectivity index is 1.42.